The molecule has 0 spiro atoms. The van der Waals surface area contributed by atoms with E-state index in [2.05, 4.69) is 52.4 Å². The molecule has 0 saturated heterocycles. The van der Waals surface area contributed by atoms with Crippen LogP contribution in [0.1, 0.15) is 16.3 Å². The molecule has 0 N–H and O–H groups in total. The first kappa shape index (κ1) is 18.2. The van der Waals surface area contributed by atoms with Crippen LogP contribution >= 0.6 is 23.1 Å². The Morgan fingerprint density at radius 1 is 1.04 bits per heavy atom. The Labute approximate surface area is 167 Å². The van der Waals surface area contributed by atoms with Crippen LogP contribution in [0.5, 0.6) is 0 Å². The highest BCUT2D eigenvalue weighted by molar-refractivity contribution is 7.98. The van der Waals surface area contributed by atoms with Crippen LogP contribution in [0.4, 0.5) is 0 Å². The quantitative estimate of drug-likeness (QED) is 0.393. The molecule has 2 aromatic carbocycles. The zero-order valence-electron chi connectivity index (χ0n) is 15.2. The summed E-state index contributed by atoms with van der Waals surface area (Å²) in [6.45, 7) is 1.47. The standard InChI is InChI=1S/C21H21N3OS2/c1-25-12-11-24-19-10-6-5-9-18(19)23-21(24)27-15-17-14-26-20(22-17)13-16-7-3-2-4-8-16/h2-10,14H,11-13,15H2,1H3. The van der Waals surface area contributed by atoms with Gasteiger partial charge in [0.25, 0.3) is 0 Å². The first-order chi connectivity index (χ1) is 13.3. The second kappa shape index (κ2) is 8.69. The lowest BCUT2D eigenvalue weighted by molar-refractivity contribution is 0.186. The van der Waals surface area contributed by atoms with Gasteiger partial charge in [0.05, 0.1) is 28.3 Å². The van der Waals surface area contributed by atoms with Crippen LogP contribution in [0, 0.1) is 0 Å². The van der Waals surface area contributed by atoms with E-state index in [1.807, 2.05) is 12.1 Å². The van der Waals surface area contributed by atoms with Gasteiger partial charge in [-0.05, 0) is 17.7 Å². The molecule has 0 radical (unpaired) electrons. The van der Waals surface area contributed by atoms with Crippen molar-refractivity contribution in [1.82, 2.24) is 14.5 Å². The lowest BCUT2D eigenvalue weighted by Gasteiger charge is -2.07. The highest BCUT2D eigenvalue weighted by Crippen LogP contribution is 2.27. The van der Waals surface area contributed by atoms with Gasteiger partial charge in [0.15, 0.2) is 5.16 Å². The number of nitrogens with zero attached hydrogens (tertiary/aromatic N) is 3. The van der Waals surface area contributed by atoms with Gasteiger partial charge in [0, 0.05) is 31.2 Å². The fraction of sp³-hybridized carbons (Fsp3) is 0.238. The van der Waals surface area contributed by atoms with Crippen LogP contribution in [-0.4, -0.2) is 28.3 Å². The summed E-state index contributed by atoms with van der Waals surface area (Å²) in [7, 11) is 1.73. The van der Waals surface area contributed by atoms with Crippen molar-refractivity contribution in [1.29, 1.82) is 0 Å². The maximum Gasteiger partial charge on any atom is 0.169 e. The van der Waals surface area contributed by atoms with E-state index in [1.165, 1.54) is 5.56 Å². The van der Waals surface area contributed by atoms with Crippen LogP contribution in [-0.2, 0) is 23.5 Å². The summed E-state index contributed by atoms with van der Waals surface area (Å²) in [6.07, 6.45) is 0.891. The number of fused-ring (bicyclic) bond motifs is 1. The number of para-hydroxylation sites is 2. The summed E-state index contributed by atoms with van der Waals surface area (Å²) >= 11 is 3.47. The highest BCUT2D eigenvalue weighted by atomic mass is 32.2. The molecule has 2 heterocycles. The Morgan fingerprint density at radius 3 is 2.70 bits per heavy atom. The SMILES string of the molecule is COCCn1c(SCc2csc(Cc3ccccc3)n2)nc2ccccc21. The molecule has 0 aliphatic heterocycles. The smallest absolute Gasteiger partial charge is 0.169 e. The average molecular weight is 396 g/mol. The van der Waals surface area contributed by atoms with Gasteiger partial charge in [0.2, 0.25) is 0 Å². The third-order valence-electron chi connectivity index (χ3n) is 4.29. The Kier molecular flexibility index (Phi) is 5.87. The van der Waals surface area contributed by atoms with Gasteiger partial charge >= 0.3 is 0 Å². The minimum Gasteiger partial charge on any atom is -0.383 e. The molecule has 0 fully saturated rings. The van der Waals surface area contributed by atoms with E-state index in [-0.39, 0.29) is 0 Å². The number of rotatable bonds is 8. The Morgan fingerprint density at radius 2 is 1.85 bits per heavy atom. The van der Waals surface area contributed by atoms with Crippen LogP contribution in [0.2, 0.25) is 0 Å². The number of thioether (sulfide) groups is 1. The Bertz CT molecular complexity index is 1010. The largest absolute Gasteiger partial charge is 0.383 e. The molecule has 0 bridgehead atoms. The summed E-state index contributed by atoms with van der Waals surface area (Å²) in [6, 6.07) is 18.7. The molecule has 0 amide bonds. The fourth-order valence-corrected chi connectivity index (χ4v) is 4.83. The monoisotopic (exact) mass is 395 g/mol. The van der Waals surface area contributed by atoms with Gasteiger partial charge in [-0.15, -0.1) is 11.3 Å². The highest BCUT2D eigenvalue weighted by Gasteiger charge is 2.12. The number of methoxy groups -OCH3 is 1. The molecule has 138 valence electrons. The van der Waals surface area contributed by atoms with Crippen molar-refractivity contribution < 1.29 is 4.74 Å². The first-order valence-corrected chi connectivity index (χ1v) is 10.7. The zero-order valence-corrected chi connectivity index (χ0v) is 16.8. The van der Waals surface area contributed by atoms with Gasteiger partial charge < -0.3 is 9.30 Å². The molecular weight excluding hydrogens is 374 g/mol. The number of thiazole rings is 1. The van der Waals surface area contributed by atoms with Crippen molar-refractivity contribution >= 4 is 34.1 Å². The topological polar surface area (TPSA) is 39.9 Å². The van der Waals surface area contributed by atoms with Gasteiger partial charge in [0.1, 0.15) is 0 Å². The zero-order chi connectivity index (χ0) is 18.5. The molecule has 4 rings (SSSR count). The minimum absolute atomic E-state index is 0.672. The van der Waals surface area contributed by atoms with Crippen LogP contribution in [0.3, 0.4) is 0 Å². The molecule has 0 unspecified atom stereocenters. The average Bonchev–Trinajstić information content (AvgIpc) is 3.29. The fourth-order valence-electron chi connectivity index (χ4n) is 2.97. The van der Waals surface area contributed by atoms with E-state index in [9.17, 15) is 0 Å². The molecule has 0 atom stereocenters. The lowest BCUT2D eigenvalue weighted by atomic mass is 10.2. The summed E-state index contributed by atoms with van der Waals surface area (Å²) < 4.78 is 7.51. The van der Waals surface area contributed by atoms with E-state index in [1.54, 1.807) is 30.2 Å². The normalized spacial score (nSPS) is 11.3. The molecule has 0 aliphatic rings. The molecule has 4 nitrogen and oxygen atoms in total. The summed E-state index contributed by atoms with van der Waals surface area (Å²) in [4.78, 5) is 9.60. The molecule has 0 saturated carbocycles. The number of imidazole rings is 1. The number of hydrogen-bond donors (Lipinski definition) is 0. The Balaban J connectivity index is 1.47. The maximum absolute atomic E-state index is 5.27. The van der Waals surface area contributed by atoms with Crippen molar-refractivity contribution in [3.63, 3.8) is 0 Å². The van der Waals surface area contributed by atoms with Gasteiger partial charge in [-0.2, -0.15) is 0 Å². The number of hydrogen-bond acceptors (Lipinski definition) is 5. The minimum atomic E-state index is 0.672. The number of ether oxygens (including phenoxy) is 1. The molecule has 27 heavy (non-hydrogen) atoms. The van der Waals surface area contributed by atoms with Crippen molar-refractivity contribution in [3.05, 3.63) is 76.2 Å². The second-order valence-corrected chi connectivity index (χ2v) is 8.10. The number of aromatic nitrogens is 3. The van der Waals surface area contributed by atoms with E-state index < -0.39 is 0 Å². The van der Waals surface area contributed by atoms with Crippen LogP contribution in [0.25, 0.3) is 11.0 Å². The van der Waals surface area contributed by atoms with Crippen LogP contribution < -0.4 is 0 Å². The lowest BCUT2D eigenvalue weighted by Crippen LogP contribution is -2.05. The van der Waals surface area contributed by atoms with Crippen molar-refractivity contribution in [2.45, 2.75) is 23.9 Å². The van der Waals surface area contributed by atoms with Gasteiger partial charge in [-0.1, -0.05) is 54.2 Å². The van der Waals surface area contributed by atoms with Crippen molar-refractivity contribution in [3.8, 4) is 0 Å². The second-order valence-electron chi connectivity index (χ2n) is 6.21. The van der Waals surface area contributed by atoms with E-state index in [4.69, 9.17) is 14.7 Å². The molecular formula is C21H21N3OS2. The van der Waals surface area contributed by atoms with E-state index in [0.29, 0.717) is 6.61 Å². The Hall–Kier alpha value is -2.15. The molecule has 0 aliphatic carbocycles. The number of benzene rings is 2. The van der Waals surface area contributed by atoms with Crippen LogP contribution in [0.15, 0.2) is 65.1 Å². The molecule has 4 aromatic rings. The molecule has 2 aromatic heterocycles. The van der Waals surface area contributed by atoms with Crippen molar-refractivity contribution in [2.75, 3.05) is 13.7 Å². The maximum atomic E-state index is 5.27. The predicted molar refractivity (Wildman–Crippen MR) is 113 cm³/mol. The van der Waals surface area contributed by atoms with E-state index in [0.717, 1.165) is 45.6 Å². The predicted octanol–water partition coefficient (Wildman–Crippen LogP) is 5.02. The third kappa shape index (κ3) is 4.40. The summed E-state index contributed by atoms with van der Waals surface area (Å²) in [5.74, 6) is 0.821. The van der Waals surface area contributed by atoms with Gasteiger partial charge in [-0.3, -0.25) is 0 Å². The van der Waals surface area contributed by atoms with Gasteiger partial charge in [-0.25, -0.2) is 9.97 Å². The van der Waals surface area contributed by atoms with Crippen molar-refractivity contribution in [2.24, 2.45) is 0 Å². The van der Waals surface area contributed by atoms with E-state index >= 15 is 0 Å². The summed E-state index contributed by atoms with van der Waals surface area (Å²) in [5, 5.41) is 4.34. The first-order valence-electron chi connectivity index (χ1n) is 8.87. The molecule has 6 heteroatoms. The summed E-state index contributed by atoms with van der Waals surface area (Å²) in [5.41, 5.74) is 4.59. The third-order valence-corrected chi connectivity index (χ3v) is 6.19.